The van der Waals surface area contributed by atoms with E-state index in [4.69, 9.17) is 0 Å². The largest absolute Gasteiger partial charge is 0.322 e. The average Bonchev–Trinajstić information content (AvgIpc) is 2.66. The summed E-state index contributed by atoms with van der Waals surface area (Å²) in [6.45, 7) is 6.36. The number of carbonyl (C=O) groups is 2. The summed E-state index contributed by atoms with van der Waals surface area (Å²) < 4.78 is 0. The van der Waals surface area contributed by atoms with Crippen LogP contribution in [0.4, 0.5) is 16.2 Å². The Morgan fingerprint density at radius 3 is 2.00 bits per heavy atom. The maximum atomic E-state index is 12.4. The van der Waals surface area contributed by atoms with Crippen LogP contribution in [0.25, 0.3) is 0 Å². The Morgan fingerprint density at radius 2 is 1.46 bits per heavy atom. The fourth-order valence-electron chi connectivity index (χ4n) is 2.94. The first kappa shape index (κ1) is 17.9. The molecular formula is C20H24N4O2. The van der Waals surface area contributed by atoms with E-state index in [1.807, 2.05) is 67.4 Å². The lowest BCUT2D eigenvalue weighted by Gasteiger charge is -2.39. The first-order valence-corrected chi connectivity index (χ1v) is 8.75. The SMILES string of the molecule is Cc1ccc(NC(=O)N2CCN(N(C=O)c3ccc(C)cc3)CC2)cc1. The number of hydrazine groups is 1. The number of amides is 3. The molecule has 0 saturated carbocycles. The van der Waals surface area contributed by atoms with Gasteiger partial charge in [0, 0.05) is 31.9 Å². The van der Waals surface area contributed by atoms with Crippen molar-refractivity contribution in [3.63, 3.8) is 0 Å². The van der Waals surface area contributed by atoms with Crippen molar-refractivity contribution in [2.75, 3.05) is 36.5 Å². The van der Waals surface area contributed by atoms with E-state index in [9.17, 15) is 9.59 Å². The number of aryl methyl sites for hydroxylation is 2. The topological polar surface area (TPSA) is 55.9 Å². The van der Waals surface area contributed by atoms with E-state index in [0.29, 0.717) is 26.2 Å². The normalized spacial score (nSPS) is 14.8. The van der Waals surface area contributed by atoms with E-state index >= 15 is 0 Å². The molecule has 1 aliphatic heterocycles. The van der Waals surface area contributed by atoms with Crippen molar-refractivity contribution in [1.82, 2.24) is 9.91 Å². The fourth-order valence-corrected chi connectivity index (χ4v) is 2.94. The highest BCUT2D eigenvalue weighted by Crippen LogP contribution is 2.18. The molecule has 26 heavy (non-hydrogen) atoms. The highest BCUT2D eigenvalue weighted by Gasteiger charge is 2.25. The summed E-state index contributed by atoms with van der Waals surface area (Å²) >= 11 is 0. The maximum Gasteiger partial charge on any atom is 0.321 e. The highest BCUT2D eigenvalue weighted by atomic mass is 16.2. The van der Waals surface area contributed by atoms with Crippen LogP contribution in [0.1, 0.15) is 11.1 Å². The molecule has 0 spiro atoms. The lowest BCUT2D eigenvalue weighted by Crippen LogP contribution is -2.55. The second-order valence-electron chi connectivity index (χ2n) is 6.52. The van der Waals surface area contributed by atoms with Gasteiger partial charge in [0.2, 0.25) is 6.41 Å². The van der Waals surface area contributed by atoms with E-state index < -0.39 is 0 Å². The van der Waals surface area contributed by atoms with Gasteiger partial charge < -0.3 is 10.2 Å². The van der Waals surface area contributed by atoms with Gasteiger partial charge >= 0.3 is 6.03 Å². The number of urea groups is 1. The zero-order valence-electron chi connectivity index (χ0n) is 15.2. The van der Waals surface area contributed by atoms with Gasteiger partial charge in [-0.2, -0.15) is 0 Å². The van der Waals surface area contributed by atoms with Crippen molar-refractivity contribution >= 4 is 23.8 Å². The predicted molar refractivity (Wildman–Crippen MR) is 103 cm³/mol. The molecule has 0 aromatic heterocycles. The Hall–Kier alpha value is -2.86. The van der Waals surface area contributed by atoms with Crippen LogP contribution in [0.3, 0.4) is 0 Å². The van der Waals surface area contributed by atoms with Crippen molar-refractivity contribution in [2.24, 2.45) is 0 Å². The molecule has 1 saturated heterocycles. The number of carbonyl (C=O) groups excluding carboxylic acids is 2. The number of rotatable bonds is 4. The number of piperazine rings is 1. The number of nitrogens with one attached hydrogen (secondary N) is 1. The van der Waals surface area contributed by atoms with Crippen LogP contribution in [0.2, 0.25) is 0 Å². The zero-order valence-corrected chi connectivity index (χ0v) is 15.2. The average molecular weight is 352 g/mol. The molecule has 3 amide bonds. The van der Waals surface area contributed by atoms with Gasteiger partial charge in [-0.25, -0.2) is 14.8 Å². The minimum absolute atomic E-state index is 0.110. The van der Waals surface area contributed by atoms with E-state index in [0.717, 1.165) is 28.9 Å². The molecule has 1 N–H and O–H groups in total. The predicted octanol–water partition coefficient (Wildman–Crippen LogP) is 3.03. The minimum Gasteiger partial charge on any atom is -0.322 e. The number of benzene rings is 2. The molecule has 1 heterocycles. The number of hydrogen-bond acceptors (Lipinski definition) is 3. The summed E-state index contributed by atoms with van der Waals surface area (Å²) in [6, 6.07) is 15.5. The van der Waals surface area contributed by atoms with Crippen LogP contribution < -0.4 is 10.3 Å². The van der Waals surface area contributed by atoms with Gasteiger partial charge in [-0.15, -0.1) is 0 Å². The molecule has 0 bridgehead atoms. The summed E-state index contributed by atoms with van der Waals surface area (Å²) in [5, 5.41) is 6.51. The molecular weight excluding hydrogens is 328 g/mol. The number of nitrogens with zero attached hydrogens (tertiary/aromatic N) is 3. The maximum absolute atomic E-state index is 12.4. The molecule has 136 valence electrons. The Labute approximate surface area is 154 Å². The standard InChI is InChI=1S/C20H24N4O2/c1-16-3-7-18(8-4-16)21-20(26)22-11-13-23(14-12-22)24(15-25)19-9-5-17(2)6-10-19/h3-10,15H,11-14H2,1-2H3,(H,21,26). The third kappa shape index (κ3) is 4.21. The monoisotopic (exact) mass is 352 g/mol. The Bertz CT molecular complexity index is 750. The van der Waals surface area contributed by atoms with Gasteiger partial charge in [0.05, 0.1) is 5.69 Å². The zero-order chi connectivity index (χ0) is 18.5. The second-order valence-corrected chi connectivity index (χ2v) is 6.52. The number of hydrogen-bond donors (Lipinski definition) is 1. The van der Waals surface area contributed by atoms with Crippen molar-refractivity contribution in [3.05, 3.63) is 59.7 Å². The van der Waals surface area contributed by atoms with E-state index in [2.05, 4.69) is 5.32 Å². The lowest BCUT2D eigenvalue weighted by molar-refractivity contribution is -0.110. The van der Waals surface area contributed by atoms with Crippen LogP contribution in [0, 0.1) is 13.8 Å². The van der Waals surface area contributed by atoms with Gasteiger partial charge in [-0.1, -0.05) is 35.4 Å². The second kappa shape index (κ2) is 8.01. The van der Waals surface area contributed by atoms with Gasteiger partial charge in [-0.3, -0.25) is 4.79 Å². The molecule has 6 heteroatoms. The van der Waals surface area contributed by atoms with Crippen molar-refractivity contribution in [1.29, 1.82) is 0 Å². The Morgan fingerprint density at radius 1 is 0.923 bits per heavy atom. The third-order valence-corrected chi connectivity index (χ3v) is 4.55. The van der Waals surface area contributed by atoms with Crippen LogP contribution in [0.5, 0.6) is 0 Å². The molecule has 3 rings (SSSR count). The molecule has 1 aliphatic rings. The van der Waals surface area contributed by atoms with Crippen LogP contribution >= 0.6 is 0 Å². The Kier molecular flexibility index (Phi) is 5.53. The molecule has 0 unspecified atom stereocenters. The molecule has 0 radical (unpaired) electrons. The summed E-state index contributed by atoms with van der Waals surface area (Å²) in [5.41, 5.74) is 3.93. The van der Waals surface area contributed by atoms with E-state index in [-0.39, 0.29) is 6.03 Å². The van der Waals surface area contributed by atoms with Gasteiger partial charge in [0.15, 0.2) is 0 Å². The number of anilines is 2. The van der Waals surface area contributed by atoms with Crippen LogP contribution in [-0.2, 0) is 4.79 Å². The minimum atomic E-state index is -0.110. The first-order chi connectivity index (χ1) is 12.6. The van der Waals surface area contributed by atoms with Crippen LogP contribution in [-0.4, -0.2) is 48.5 Å². The molecule has 6 nitrogen and oxygen atoms in total. The summed E-state index contributed by atoms with van der Waals surface area (Å²) in [4.78, 5) is 25.8. The van der Waals surface area contributed by atoms with Gasteiger partial charge in [0.25, 0.3) is 0 Å². The van der Waals surface area contributed by atoms with Crippen molar-refractivity contribution in [3.8, 4) is 0 Å². The highest BCUT2D eigenvalue weighted by molar-refractivity contribution is 5.89. The summed E-state index contributed by atoms with van der Waals surface area (Å²) in [5.74, 6) is 0. The molecule has 1 fully saturated rings. The summed E-state index contributed by atoms with van der Waals surface area (Å²) in [6.07, 6.45) is 0.826. The Balaban J connectivity index is 1.57. The molecule has 2 aromatic rings. The van der Waals surface area contributed by atoms with Crippen molar-refractivity contribution in [2.45, 2.75) is 13.8 Å². The van der Waals surface area contributed by atoms with E-state index in [1.165, 1.54) is 0 Å². The van der Waals surface area contributed by atoms with E-state index in [1.54, 1.807) is 9.91 Å². The van der Waals surface area contributed by atoms with Gasteiger partial charge in [0.1, 0.15) is 0 Å². The molecule has 2 aromatic carbocycles. The fraction of sp³-hybridized carbons (Fsp3) is 0.300. The van der Waals surface area contributed by atoms with Gasteiger partial charge in [-0.05, 0) is 38.1 Å². The molecule has 0 atom stereocenters. The smallest absolute Gasteiger partial charge is 0.321 e. The first-order valence-electron chi connectivity index (χ1n) is 8.75. The summed E-state index contributed by atoms with van der Waals surface area (Å²) in [7, 11) is 0. The molecule has 0 aliphatic carbocycles. The van der Waals surface area contributed by atoms with Crippen molar-refractivity contribution < 1.29 is 9.59 Å². The third-order valence-electron chi connectivity index (χ3n) is 4.55. The van der Waals surface area contributed by atoms with Crippen LogP contribution in [0.15, 0.2) is 48.5 Å². The quantitative estimate of drug-likeness (QED) is 0.861. The lowest BCUT2D eigenvalue weighted by atomic mass is 10.2.